The monoisotopic (exact) mass is 345 g/mol. The molecule has 0 bridgehead atoms. The van der Waals surface area contributed by atoms with Crippen LogP contribution in [0.5, 0.6) is 0 Å². The average Bonchev–Trinajstić information content (AvgIpc) is 2.66. The summed E-state index contributed by atoms with van der Waals surface area (Å²) >= 11 is 0. The molecule has 0 aliphatic heterocycles. The lowest BCUT2D eigenvalue weighted by atomic mass is 9.81. The molecule has 0 heterocycles. The van der Waals surface area contributed by atoms with E-state index in [2.05, 4.69) is 0 Å². The topological polar surface area (TPSA) is 77.2 Å². The number of halogens is 1. The molecule has 126 valence electrons. The molecule has 0 saturated carbocycles. The molecule has 0 radical (unpaired) electrons. The summed E-state index contributed by atoms with van der Waals surface area (Å²) in [6, 6.07) is 14.4. The Morgan fingerprint density at radius 3 is 2.04 bits per heavy atom. The standard InChI is InChI=1S/C21H12FNO3/c22-12-7-5-11(6-8-12)19(24)16-10-9-15-17(18(16)23)21(26)14-4-2-1-3-13(14)20(15)25/h1-10H,23H2. The van der Waals surface area contributed by atoms with Crippen LogP contribution in [0.3, 0.4) is 0 Å². The van der Waals surface area contributed by atoms with Crippen molar-refractivity contribution in [2.45, 2.75) is 0 Å². The van der Waals surface area contributed by atoms with Gasteiger partial charge in [0.2, 0.25) is 0 Å². The van der Waals surface area contributed by atoms with Gasteiger partial charge in [0, 0.05) is 27.8 Å². The Kier molecular flexibility index (Phi) is 3.51. The van der Waals surface area contributed by atoms with Gasteiger partial charge in [-0.25, -0.2) is 4.39 Å². The number of hydrogen-bond donors (Lipinski definition) is 1. The molecule has 1 aliphatic carbocycles. The molecule has 0 atom stereocenters. The SMILES string of the molecule is Nc1c(C(=O)c2ccc(F)cc2)ccc2c1C(=O)c1ccccc1C2=O. The number of rotatable bonds is 2. The lowest BCUT2D eigenvalue weighted by molar-refractivity contribution is 0.0979. The Hall–Kier alpha value is -3.60. The molecular formula is C21H12FNO3. The van der Waals surface area contributed by atoms with Crippen LogP contribution in [-0.2, 0) is 0 Å². The normalized spacial score (nSPS) is 12.5. The summed E-state index contributed by atoms with van der Waals surface area (Å²) in [4.78, 5) is 38.2. The second kappa shape index (κ2) is 5.74. The van der Waals surface area contributed by atoms with E-state index in [0.717, 1.165) is 0 Å². The summed E-state index contributed by atoms with van der Waals surface area (Å²) < 4.78 is 13.1. The number of nitrogen functional groups attached to an aromatic ring is 1. The fraction of sp³-hybridized carbons (Fsp3) is 0. The summed E-state index contributed by atoms with van der Waals surface area (Å²) in [5.41, 5.74) is 7.24. The molecule has 2 N–H and O–H groups in total. The number of anilines is 1. The van der Waals surface area contributed by atoms with Crippen molar-refractivity contribution in [1.29, 1.82) is 0 Å². The number of benzene rings is 3. The number of ketones is 3. The molecular weight excluding hydrogens is 333 g/mol. The molecule has 3 aromatic carbocycles. The van der Waals surface area contributed by atoms with E-state index in [9.17, 15) is 18.8 Å². The lowest BCUT2D eigenvalue weighted by Gasteiger charge is -2.20. The lowest BCUT2D eigenvalue weighted by Crippen LogP contribution is -2.23. The number of carbonyl (C=O) groups excluding carboxylic acids is 3. The van der Waals surface area contributed by atoms with E-state index in [4.69, 9.17) is 5.73 Å². The van der Waals surface area contributed by atoms with Crippen LogP contribution in [0, 0.1) is 5.82 Å². The first-order valence-corrected chi connectivity index (χ1v) is 7.90. The van der Waals surface area contributed by atoms with Crippen LogP contribution >= 0.6 is 0 Å². The van der Waals surface area contributed by atoms with Crippen molar-refractivity contribution in [2.75, 3.05) is 5.73 Å². The van der Waals surface area contributed by atoms with Gasteiger partial charge in [0.1, 0.15) is 5.82 Å². The maximum absolute atomic E-state index is 13.1. The van der Waals surface area contributed by atoms with Crippen LogP contribution in [0.2, 0.25) is 0 Å². The smallest absolute Gasteiger partial charge is 0.196 e. The van der Waals surface area contributed by atoms with Gasteiger partial charge in [-0.1, -0.05) is 24.3 Å². The predicted octanol–water partition coefficient (Wildman–Crippen LogP) is 3.41. The number of nitrogens with two attached hydrogens (primary N) is 1. The van der Waals surface area contributed by atoms with Gasteiger partial charge in [-0.15, -0.1) is 0 Å². The van der Waals surface area contributed by atoms with Crippen molar-refractivity contribution in [3.63, 3.8) is 0 Å². The Balaban J connectivity index is 1.87. The Morgan fingerprint density at radius 2 is 1.38 bits per heavy atom. The van der Waals surface area contributed by atoms with Crippen LogP contribution in [0.1, 0.15) is 47.8 Å². The largest absolute Gasteiger partial charge is 0.398 e. The fourth-order valence-corrected chi connectivity index (χ4v) is 3.17. The van der Waals surface area contributed by atoms with Gasteiger partial charge >= 0.3 is 0 Å². The molecule has 0 unspecified atom stereocenters. The summed E-state index contributed by atoms with van der Waals surface area (Å²) in [5, 5.41) is 0. The molecule has 0 aromatic heterocycles. The zero-order valence-corrected chi connectivity index (χ0v) is 13.5. The van der Waals surface area contributed by atoms with Crippen LogP contribution < -0.4 is 5.73 Å². The van der Waals surface area contributed by atoms with Crippen molar-refractivity contribution < 1.29 is 18.8 Å². The highest BCUT2D eigenvalue weighted by Gasteiger charge is 2.32. The van der Waals surface area contributed by atoms with Gasteiger partial charge in [0.15, 0.2) is 17.3 Å². The highest BCUT2D eigenvalue weighted by atomic mass is 19.1. The zero-order chi connectivity index (χ0) is 18.4. The number of hydrogen-bond acceptors (Lipinski definition) is 4. The van der Waals surface area contributed by atoms with E-state index in [1.165, 1.54) is 36.4 Å². The van der Waals surface area contributed by atoms with E-state index >= 15 is 0 Å². The highest BCUT2D eigenvalue weighted by Crippen LogP contribution is 2.33. The van der Waals surface area contributed by atoms with Crippen molar-refractivity contribution in [1.82, 2.24) is 0 Å². The average molecular weight is 345 g/mol. The minimum Gasteiger partial charge on any atom is -0.398 e. The van der Waals surface area contributed by atoms with Gasteiger partial charge in [-0.3, -0.25) is 14.4 Å². The molecule has 26 heavy (non-hydrogen) atoms. The molecule has 0 saturated heterocycles. The minimum absolute atomic E-state index is 0.0373. The molecule has 0 amide bonds. The Labute approximate surface area is 148 Å². The Morgan fingerprint density at radius 1 is 0.769 bits per heavy atom. The van der Waals surface area contributed by atoms with E-state index in [1.54, 1.807) is 24.3 Å². The summed E-state index contributed by atoms with van der Waals surface area (Å²) in [5.74, 6) is -1.59. The summed E-state index contributed by atoms with van der Waals surface area (Å²) in [6.07, 6.45) is 0. The van der Waals surface area contributed by atoms with Gasteiger partial charge in [-0.2, -0.15) is 0 Å². The fourth-order valence-electron chi connectivity index (χ4n) is 3.17. The summed E-state index contributed by atoms with van der Waals surface area (Å²) in [6.45, 7) is 0. The molecule has 4 rings (SSSR count). The molecule has 0 spiro atoms. The first-order valence-electron chi connectivity index (χ1n) is 7.90. The maximum atomic E-state index is 13.1. The van der Waals surface area contributed by atoms with Crippen molar-refractivity contribution >= 4 is 23.0 Å². The first-order chi connectivity index (χ1) is 12.5. The van der Waals surface area contributed by atoms with Gasteiger partial charge in [0.25, 0.3) is 0 Å². The third kappa shape index (κ3) is 2.25. The molecule has 3 aromatic rings. The van der Waals surface area contributed by atoms with E-state index in [1.807, 2.05) is 0 Å². The van der Waals surface area contributed by atoms with Gasteiger partial charge in [0.05, 0.1) is 11.3 Å². The first kappa shape index (κ1) is 15.9. The Bertz CT molecular complexity index is 1100. The predicted molar refractivity (Wildman–Crippen MR) is 94.0 cm³/mol. The second-order valence-corrected chi connectivity index (χ2v) is 5.99. The van der Waals surface area contributed by atoms with Crippen molar-refractivity contribution in [2.24, 2.45) is 0 Å². The van der Waals surface area contributed by atoms with Crippen LogP contribution in [-0.4, -0.2) is 17.3 Å². The van der Waals surface area contributed by atoms with Crippen molar-refractivity contribution in [3.8, 4) is 0 Å². The van der Waals surface area contributed by atoms with Crippen molar-refractivity contribution in [3.05, 3.63) is 99.9 Å². The van der Waals surface area contributed by atoms with E-state index in [0.29, 0.717) is 5.56 Å². The van der Waals surface area contributed by atoms with E-state index in [-0.39, 0.29) is 45.1 Å². The van der Waals surface area contributed by atoms with Crippen LogP contribution in [0.4, 0.5) is 10.1 Å². The summed E-state index contributed by atoms with van der Waals surface area (Å²) in [7, 11) is 0. The molecule has 1 aliphatic rings. The van der Waals surface area contributed by atoms with Crippen LogP contribution in [0.25, 0.3) is 0 Å². The second-order valence-electron chi connectivity index (χ2n) is 5.99. The number of fused-ring (bicyclic) bond motifs is 2. The molecule has 0 fully saturated rings. The number of carbonyl (C=O) groups is 3. The quantitative estimate of drug-likeness (QED) is 0.446. The van der Waals surface area contributed by atoms with Crippen LogP contribution in [0.15, 0.2) is 60.7 Å². The van der Waals surface area contributed by atoms with Gasteiger partial charge in [-0.05, 0) is 36.4 Å². The maximum Gasteiger partial charge on any atom is 0.196 e. The minimum atomic E-state index is -0.461. The van der Waals surface area contributed by atoms with Gasteiger partial charge < -0.3 is 5.73 Å². The third-order valence-corrected chi connectivity index (χ3v) is 4.48. The molecule has 5 heteroatoms. The third-order valence-electron chi connectivity index (χ3n) is 4.48. The molecule has 4 nitrogen and oxygen atoms in total. The zero-order valence-electron chi connectivity index (χ0n) is 13.5. The highest BCUT2D eigenvalue weighted by molar-refractivity contribution is 6.31. The van der Waals surface area contributed by atoms with E-state index < -0.39 is 11.6 Å².